The number of pyridine rings is 1. The van der Waals surface area contributed by atoms with Crippen LogP contribution in [0.15, 0.2) is 47.5 Å². The van der Waals surface area contributed by atoms with E-state index < -0.39 is 0 Å². The van der Waals surface area contributed by atoms with Crippen LogP contribution in [-0.4, -0.2) is 14.5 Å². The smallest absolute Gasteiger partial charge is 0.0948 e. The molecule has 0 amide bonds. The highest BCUT2D eigenvalue weighted by Crippen LogP contribution is 2.24. The molecule has 3 rings (SSSR count). The largest absolute Gasteiger partial charge is 0.378 e. The fourth-order valence-electron chi connectivity index (χ4n) is 2.40. The van der Waals surface area contributed by atoms with E-state index in [0.717, 1.165) is 40.6 Å². The lowest BCUT2D eigenvalue weighted by atomic mass is 10.2. The summed E-state index contributed by atoms with van der Waals surface area (Å²) in [6.07, 6.45) is 6.73. The highest BCUT2D eigenvalue weighted by Gasteiger charge is 2.05. The molecule has 0 unspecified atom stereocenters. The number of hydrogen-bond acceptors (Lipinski definition) is 3. The van der Waals surface area contributed by atoms with Crippen LogP contribution in [0.4, 0.5) is 5.69 Å². The number of rotatable bonds is 5. The number of halogens is 1. The lowest BCUT2D eigenvalue weighted by Gasteiger charge is -2.11. The minimum Gasteiger partial charge on any atom is -0.378 e. The third-order valence-electron chi connectivity index (χ3n) is 3.40. The quantitative estimate of drug-likeness (QED) is 0.753. The summed E-state index contributed by atoms with van der Waals surface area (Å²) in [5, 5.41) is 4.59. The number of aryl methyl sites for hydroxylation is 1. The van der Waals surface area contributed by atoms with Gasteiger partial charge in [0.1, 0.15) is 0 Å². The summed E-state index contributed by atoms with van der Waals surface area (Å²) in [7, 11) is 0. The summed E-state index contributed by atoms with van der Waals surface area (Å²) in [6, 6.07) is 8.25. The molecule has 0 saturated carbocycles. The molecule has 0 aliphatic carbocycles. The van der Waals surface area contributed by atoms with Gasteiger partial charge in [-0.05, 0) is 34.5 Å². The van der Waals surface area contributed by atoms with Crippen LogP contribution in [0.5, 0.6) is 0 Å². The molecule has 0 spiro atoms. The normalized spacial score (nSPS) is 11.0. The maximum Gasteiger partial charge on any atom is 0.0948 e. The minimum atomic E-state index is 0.747. The Balaban J connectivity index is 1.83. The molecule has 0 aliphatic rings. The van der Waals surface area contributed by atoms with E-state index in [1.807, 2.05) is 24.8 Å². The van der Waals surface area contributed by atoms with E-state index in [1.54, 1.807) is 0 Å². The predicted octanol–water partition coefficient (Wildman–Crippen LogP) is 4.22. The van der Waals surface area contributed by atoms with Gasteiger partial charge < -0.3 is 9.88 Å². The molecule has 1 aromatic carbocycles. The van der Waals surface area contributed by atoms with Crippen LogP contribution in [0.2, 0.25) is 0 Å². The summed E-state index contributed by atoms with van der Waals surface area (Å²) < 4.78 is 3.18. The van der Waals surface area contributed by atoms with Crippen molar-refractivity contribution in [3.05, 3.63) is 53.2 Å². The van der Waals surface area contributed by atoms with Crippen molar-refractivity contribution >= 4 is 32.5 Å². The molecule has 0 aliphatic heterocycles. The number of fused-ring (bicyclic) bond motifs is 1. The van der Waals surface area contributed by atoms with Gasteiger partial charge in [-0.1, -0.05) is 19.1 Å². The summed E-state index contributed by atoms with van der Waals surface area (Å²) in [5.41, 5.74) is 3.22. The third kappa shape index (κ3) is 3.08. The van der Waals surface area contributed by atoms with Crippen molar-refractivity contribution in [2.24, 2.45) is 0 Å². The van der Waals surface area contributed by atoms with Gasteiger partial charge in [0.05, 0.1) is 29.8 Å². The average Bonchev–Trinajstić information content (AvgIpc) is 2.92. The Bertz CT molecular complexity index is 751. The molecule has 0 saturated heterocycles. The SMILES string of the molecule is CCCn1cncc1CNc1cccc2cc(Br)cnc12. The molecule has 21 heavy (non-hydrogen) atoms. The van der Waals surface area contributed by atoms with E-state index in [4.69, 9.17) is 0 Å². The molecule has 2 heterocycles. The zero-order valence-corrected chi connectivity index (χ0v) is 13.5. The first-order valence-electron chi connectivity index (χ1n) is 7.05. The van der Waals surface area contributed by atoms with Crippen molar-refractivity contribution in [2.45, 2.75) is 26.4 Å². The number of anilines is 1. The third-order valence-corrected chi connectivity index (χ3v) is 3.83. The number of nitrogens with zero attached hydrogens (tertiary/aromatic N) is 3. The van der Waals surface area contributed by atoms with Gasteiger partial charge >= 0.3 is 0 Å². The standard InChI is InChI=1S/C16H17BrN4/c1-2-6-21-11-18-9-14(21)10-19-15-5-3-4-12-7-13(17)8-20-16(12)15/h3-5,7-9,11,19H,2,6,10H2,1H3. The van der Waals surface area contributed by atoms with Crippen molar-refractivity contribution in [2.75, 3.05) is 5.32 Å². The van der Waals surface area contributed by atoms with E-state index in [-0.39, 0.29) is 0 Å². The number of nitrogens with one attached hydrogen (secondary N) is 1. The average molecular weight is 345 g/mol. The molecule has 3 aromatic rings. The zero-order chi connectivity index (χ0) is 14.7. The molecular weight excluding hydrogens is 328 g/mol. The molecule has 0 radical (unpaired) electrons. The summed E-state index contributed by atoms with van der Waals surface area (Å²) in [5.74, 6) is 0. The van der Waals surface area contributed by atoms with Crippen LogP contribution in [-0.2, 0) is 13.1 Å². The number of hydrogen-bond donors (Lipinski definition) is 1. The number of aromatic nitrogens is 3. The first kappa shape index (κ1) is 14.1. The lowest BCUT2D eigenvalue weighted by Crippen LogP contribution is -2.07. The Morgan fingerprint density at radius 2 is 2.19 bits per heavy atom. The Morgan fingerprint density at radius 1 is 1.29 bits per heavy atom. The van der Waals surface area contributed by atoms with Crippen molar-refractivity contribution in [1.29, 1.82) is 0 Å². The maximum absolute atomic E-state index is 4.51. The Labute approximate surface area is 132 Å². The molecule has 0 bridgehead atoms. The first-order valence-corrected chi connectivity index (χ1v) is 7.84. The molecule has 2 aromatic heterocycles. The van der Waals surface area contributed by atoms with Crippen LogP contribution in [0.25, 0.3) is 10.9 Å². The Morgan fingerprint density at radius 3 is 3.05 bits per heavy atom. The number of imidazole rings is 1. The monoisotopic (exact) mass is 344 g/mol. The van der Waals surface area contributed by atoms with Crippen LogP contribution in [0.1, 0.15) is 19.0 Å². The van der Waals surface area contributed by atoms with E-state index in [9.17, 15) is 0 Å². The van der Waals surface area contributed by atoms with E-state index in [0.29, 0.717) is 0 Å². The molecular formula is C16H17BrN4. The second-order valence-electron chi connectivity index (χ2n) is 4.96. The van der Waals surface area contributed by atoms with E-state index >= 15 is 0 Å². The maximum atomic E-state index is 4.51. The minimum absolute atomic E-state index is 0.747. The van der Waals surface area contributed by atoms with Gasteiger partial charge in [0.15, 0.2) is 0 Å². The molecule has 5 heteroatoms. The first-order chi connectivity index (χ1) is 10.3. The van der Waals surface area contributed by atoms with Crippen molar-refractivity contribution in [3.8, 4) is 0 Å². The van der Waals surface area contributed by atoms with Crippen LogP contribution < -0.4 is 5.32 Å². The van der Waals surface area contributed by atoms with Gasteiger partial charge in [-0.3, -0.25) is 4.98 Å². The highest BCUT2D eigenvalue weighted by molar-refractivity contribution is 9.10. The Kier molecular flexibility index (Phi) is 4.20. The van der Waals surface area contributed by atoms with E-state index in [2.05, 4.69) is 60.9 Å². The molecule has 4 nitrogen and oxygen atoms in total. The zero-order valence-electron chi connectivity index (χ0n) is 11.9. The van der Waals surface area contributed by atoms with E-state index in [1.165, 1.54) is 5.69 Å². The fourth-order valence-corrected chi connectivity index (χ4v) is 2.75. The topological polar surface area (TPSA) is 42.7 Å². The van der Waals surface area contributed by atoms with Gasteiger partial charge in [-0.15, -0.1) is 0 Å². The molecule has 1 N–H and O–H groups in total. The van der Waals surface area contributed by atoms with Crippen LogP contribution >= 0.6 is 15.9 Å². The highest BCUT2D eigenvalue weighted by atomic mass is 79.9. The van der Waals surface area contributed by atoms with Crippen LogP contribution in [0, 0.1) is 0 Å². The molecule has 108 valence electrons. The van der Waals surface area contributed by atoms with Crippen molar-refractivity contribution in [1.82, 2.24) is 14.5 Å². The lowest BCUT2D eigenvalue weighted by molar-refractivity contribution is 0.651. The summed E-state index contributed by atoms with van der Waals surface area (Å²) in [6.45, 7) is 3.91. The second kappa shape index (κ2) is 6.26. The van der Waals surface area contributed by atoms with Crippen molar-refractivity contribution in [3.63, 3.8) is 0 Å². The number of benzene rings is 1. The summed E-state index contributed by atoms with van der Waals surface area (Å²) >= 11 is 3.46. The molecule has 0 atom stereocenters. The van der Waals surface area contributed by atoms with Gasteiger partial charge in [-0.25, -0.2) is 4.98 Å². The van der Waals surface area contributed by atoms with Gasteiger partial charge in [0.2, 0.25) is 0 Å². The second-order valence-corrected chi connectivity index (χ2v) is 5.88. The summed E-state index contributed by atoms with van der Waals surface area (Å²) in [4.78, 5) is 8.74. The fraction of sp³-hybridized carbons (Fsp3) is 0.250. The predicted molar refractivity (Wildman–Crippen MR) is 89.3 cm³/mol. The van der Waals surface area contributed by atoms with Crippen LogP contribution in [0.3, 0.4) is 0 Å². The molecule has 0 fully saturated rings. The number of para-hydroxylation sites is 1. The van der Waals surface area contributed by atoms with Gasteiger partial charge in [0.25, 0.3) is 0 Å². The Hall–Kier alpha value is -1.88. The van der Waals surface area contributed by atoms with Gasteiger partial charge in [0, 0.05) is 28.8 Å². The van der Waals surface area contributed by atoms with Gasteiger partial charge in [-0.2, -0.15) is 0 Å². The van der Waals surface area contributed by atoms with Crippen molar-refractivity contribution < 1.29 is 0 Å².